The van der Waals surface area contributed by atoms with Crippen molar-refractivity contribution in [2.45, 2.75) is 27.2 Å². The lowest BCUT2D eigenvalue weighted by molar-refractivity contribution is -0.116. The average Bonchev–Trinajstić information content (AvgIpc) is 1.88. The first-order valence-corrected chi connectivity index (χ1v) is 3.99. The summed E-state index contributed by atoms with van der Waals surface area (Å²) < 4.78 is 0. The second-order valence-electron chi connectivity index (χ2n) is 2.18. The number of carbonyl (C=O) groups excluding carboxylic acids is 1. The summed E-state index contributed by atoms with van der Waals surface area (Å²) in [6.07, 6.45) is 2.54. The summed E-state index contributed by atoms with van der Waals surface area (Å²) >= 11 is 4.73. The molecular weight excluding hydrogens is 158 g/mol. The van der Waals surface area contributed by atoms with Gasteiger partial charge < -0.3 is 5.32 Å². The number of nitrogens with one attached hydrogen (secondary N) is 1. The summed E-state index contributed by atoms with van der Waals surface area (Å²) in [5, 5.41) is 2.57. The van der Waals surface area contributed by atoms with Crippen LogP contribution in [-0.4, -0.2) is 10.9 Å². The smallest absolute Gasteiger partial charge is 0.251 e. The highest BCUT2D eigenvalue weighted by Gasteiger charge is 2.04. The Morgan fingerprint density at radius 1 is 1.64 bits per heavy atom. The number of thiocarbonyl (C=S) groups is 1. The Bertz CT molecular complexity index is 196. The molecule has 0 aliphatic rings. The Hall–Kier alpha value is -0.700. The summed E-state index contributed by atoms with van der Waals surface area (Å²) in [6, 6.07) is 0. The van der Waals surface area contributed by atoms with Crippen molar-refractivity contribution in [2.75, 3.05) is 0 Å². The molecule has 0 atom stereocenters. The van der Waals surface area contributed by atoms with Gasteiger partial charge in [0.05, 0.1) is 4.99 Å². The molecule has 0 fully saturated rings. The van der Waals surface area contributed by atoms with Gasteiger partial charge in [-0.15, -0.1) is 0 Å². The van der Waals surface area contributed by atoms with Crippen LogP contribution in [-0.2, 0) is 4.79 Å². The third-order valence-electron chi connectivity index (χ3n) is 1.31. The van der Waals surface area contributed by atoms with Crippen LogP contribution in [0.15, 0.2) is 11.6 Å². The van der Waals surface area contributed by atoms with Crippen molar-refractivity contribution in [2.24, 2.45) is 0 Å². The van der Waals surface area contributed by atoms with Gasteiger partial charge in [0.1, 0.15) is 0 Å². The monoisotopic (exact) mass is 171 g/mol. The van der Waals surface area contributed by atoms with E-state index in [4.69, 9.17) is 12.2 Å². The molecule has 0 aromatic heterocycles. The van der Waals surface area contributed by atoms with Crippen LogP contribution in [0.4, 0.5) is 0 Å². The molecule has 0 bridgehead atoms. The fraction of sp³-hybridized carbons (Fsp3) is 0.500. The van der Waals surface area contributed by atoms with Crippen molar-refractivity contribution in [1.82, 2.24) is 5.32 Å². The standard InChI is InChI=1S/C8H13NOS/c1-4-7(5-2)8(10)9-6(3)11/h4H,5H2,1-3H3,(H,9,10,11). The van der Waals surface area contributed by atoms with Crippen molar-refractivity contribution >= 4 is 23.1 Å². The normalized spacial score (nSPS) is 11.0. The maximum absolute atomic E-state index is 11.1. The van der Waals surface area contributed by atoms with Crippen molar-refractivity contribution < 1.29 is 4.79 Å². The van der Waals surface area contributed by atoms with Crippen LogP contribution in [0.25, 0.3) is 0 Å². The molecule has 62 valence electrons. The number of hydrogen-bond acceptors (Lipinski definition) is 2. The predicted octanol–water partition coefficient (Wildman–Crippen LogP) is 1.81. The minimum absolute atomic E-state index is 0.0810. The maximum Gasteiger partial charge on any atom is 0.251 e. The van der Waals surface area contributed by atoms with E-state index in [1.54, 1.807) is 13.0 Å². The number of amides is 1. The van der Waals surface area contributed by atoms with Crippen LogP contribution < -0.4 is 5.32 Å². The zero-order valence-corrected chi connectivity index (χ0v) is 7.92. The van der Waals surface area contributed by atoms with Crippen LogP contribution in [0.2, 0.25) is 0 Å². The summed E-state index contributed by atoms with van der Waals surface area (Å²) in [5.74, 6) is -0.0810. The molecule has 0 radical (unpaired) electrons. The van der Waals surface area contributed by atoms with E-state index in [-0.39, 0.29) is 5.91 Å². The van der Waals surface area contributed by atoms with Gasteiger partial charge in [-0.1, -0.05) is 25.2 Å². The quantitative estimate of drug-likeness (QED) is 0.507. The van der Waals surface area contributed by atoms with Crippen LogP contribution >= 0.6 is 12.2 Å². The number of hydrogen-bond donors (Lipinski definition) is 1. The third-order valence-corrected chi connectivity index (χ3v) is 1.41. The Morgan fingerprint density at radius 2 is 2.18 bits per heavy atom. The van der Waals surface area contributed by atoms with Gasteiger partial charge in [-0.05, 0) is 20.3 Å². The SMILES string of the molecule is CC=C(CC)C(=O)NC(C)=S. The highest BCUT2D eigenvalue weighted by molar-refractivity contribution is 7.80. The molecule has 0 aliphatic heterocycles. The number of rotatable bonds is 2. The fourth-order valence-electron chi connectivity index (χ4n) is 0.736. The second kappa shape index (κ2) is 5.02. The van der Waals surface area contributed by atoms with Crippen molar-refractivity contribution in [3.05, 3.63) is 11.6 Å². The van der Waals surface area contributed by atoms with Crippen molar-refractivity contribution in [3.8, 4) is 0 Å². The Balaban J connectivity index is 4.12. The number of allylic oxidation sites excluding steroid dienone is 1. The highest BCUT2D eigenvalue weighted by Crippen LogP contribution is 1.99. The minimum Gasteiger partial charge on any atom is -0.317 e. The van der Waals surface area contributed by atoms with Crippen LogP contribution in [0.5, 0.6) is 0 Å². The van der Waals surface area contributed by atoms with Crippen LogP contribution in [0.1, 0.15) is 27.2 Å². The molecule has 0 heterocycles. The fourth-order valence-corrected chi connectivity index (χ4v) is 0.829. The Labute approximate surface area is 72.7 Å². The lowest BCUT2D eigenvalue weighted by Gasteiger charge is -2.03. The molecule has 0 spiro atoms. The Morgan fingerprint density at radius 3 is 2.45 bits per heavy atom. The molecule has 1 N–H and O–H groups in total. The molecule has 11 heavy (non-hydrogen) atoms. The minimum atomic E-state index is -0.0810. The predicted molar refractivity (Wildman–Crippen MR) is 50.5 cm³/mol. The van der Waals surface area contributed by atoms with Crippen molar-refractivity contribution in [1.29, 1.82) is 0 Å². The summed E-state index contributed by atoms with van der Waals surface area (Å²) in [6.45, 7) is 5.47. The molecule has 1 amide bonds. The molecule has 3 heteroatoms. The molecule has 0 rings (SSSR count). The van der Waals surface area contributed by atoms with Crippen LogP contribution in [0.3, 0.4) is 0 Å². The summed E-state index contributed by atoms with van der Waals surface area (Å²) in [5.41, 5.74) is 0.772. The van der Waals surface area contributed by atoms with E-state index in [1.807, 2.05) is 13.8 Å². The zero-order valence-electron chi connectivity index (χ0n) is 7.10. The zero-order chi connectivity index (χ0) is 8.85. The lowest BCUT2D eigenvalue weighted by atomic mass is 10.2. The lowest BCUT2D eigenvalue weighted by Crippen LogP contribution is -2.27. The molecule has 0 aromatic rings. The van der Waals surface area contributed by atoms with E-state index < -0.39 is 0 Å². The largest absolute Gasteiger partial charge is 0.317 e. The molecule has 0 aromatic carbocycles. The molecule has 0 saturated heterocycles. The van der Waals surface area contributed by atoms with Gasteiger partial charge in [0.15, 0.2) is 0 Å². The van der Waals surface area contributed by atoms with Crippen molar-refractivity contribution in [3.63, 3.8) is 0 Å². The van der Waals surface area contributed by atoms with Gasteiger partial charge in [-0.25, -0.2) is 0 Å². The molecule has 0 saturated carbocycles. The average molecular weight is 171 g/mol. The molecular formula is C8H13NOS. The first-order valence-electron chi connectivity index (χ1n) is 3.58. The van der Waals surface area contributed by atoms with E-state index in [2.05, 4.69) is 5.32 Å². The van der Waals surface area contributed by atoms with Gasteiger partial charge in [-0.2, -0.15) is 0 Å². The van der Waals surface area contributed by atoms with Gasteiger partial charge >= 0.3 is 0 Å². The summed E-state index contributed by atoms with van der Waals surface area (Å²) in [7, 11) is 0. The molecule has 2 nitrogen and oxygen atoms in total. The van der Waals surface area contributed by atoms with Gasteiger partial charge in [0.2, 0.25) is 0 Å². The van der Waals surface area contributed by atoms with E-state index in [0.717, 1.165) is 12.0 Å². The van der Waals surface area contributed by atoms with Gasteiger partial charge in [0.25, 0.3) is 5.91 Å². The first kappa shape index (κ1) is 10.3. The van der Waals surface area contributed by atoms with Gasteiger partial charge in [-0.3, -0.25) is 4.79 Å². The summed E-state index contributed by atoms with van der Waals surface area (Å²) in [4.78, 5) is 11.7. The van der Waals surface area contributed by atoms with E-state index in [0.29, 0.717) is 4.99 Å². The molecule has 0 aliphatic carbocycles. The van der Waals surface area contributed by atoms with E-state index >= 15 is 0 Å². The highest BCUT2D eigenvalue weighted by atomic mass is 32.1. The Kier molecular flexibility index (Phi) is 4.70. The topological polar surface area (TPSA) is 29.1 Å². The second-order valence-corrected chi connectivity index (χ2v) is 2.79. The van der Waals surface area contributed by atoms with Crippen LogP contribution in [0, 0.1) is 0 Å². The van der Waals surface area contributed by atoms with E-state index in [1.165, 1.54) is 0 Å². The maximum atomic E-state index is 11.1. The number of carbonyl (C=O) groups is 1. The van der Waals surface area contributed by atoms with Gasteiger partial charge in [0, 0.05) is 5.57 Å². The van der Waals surface area contributed by atoms with E-state index in [9.17, 15) is 4.79 Å². The first-order chi connectivity index (χ1) is 5.11. The molecule has 0 unspecified atom stereocenters. The third kappa shape index (κ3) is 3.88.